The van der Waals surface area contributed by atoms with Crippen LogP contribution in [0.4, 0.5) is 0 Å². The monoisotopic (exact) mass is 236 g/mol. The zero-order valence-electron chi connectivity index (χ0n) is 9.54. The summed E-state index contributed by atoms with van der Waals surface area (Å²) in [5, 5.41) is 0. The van der Waals surface area contributed by atoms with Crippen molar-refractivity contribution in [3.8, 4) is 0 Å². The molecule has 0 aliphatic rings. The highest BCUT2D eigenvalue weighted by Crippen LogP contribution is 2.05. The first-order valence-corrected chi connectivity index (χ1v) is 4.89. The van der Waals surface area contributed by atoms with Crippen LogP contribution >= 0.6 is 0 Å². The van der Waals surface area contributed by atoms with Crippen molar-refractivity contribution in [1.82, 2.24) is 9.47 Å². The molecule has 1 aromatic rings. The minimum absolute atomic E-state index is 0.0528. The molecule has 1 rings (SSSR count). The number of hydrogen-bond donors (Lipinski definition) is 0. The van der Waals surface area contributed by atoms with Crippen LogP contribution in [-0.4, -0.2) is 35.1 Å². The molecule has 2 amide bonds. The van der Waals surface area contributed by atoms with Gasteiger partial charge in [0, 0.05) is 25.0 Å². The fraction of sp³-hybridized carbons (Fsp3) is 0.273. The summed E-state index contributed by atoms with van der Waals surface area (Å²) in [5.41, 5.74) is -0.199. The number of nitrogens with zero attached hydrogens (tertiary/aromatic N) is 2. The largest absolute Gasteiger partial charge is 0.344 e. The molecule has 1 heterocycles. The lowest BCUT2D eigenvalue weighted by molar-refractivity contribution is -0.115. The van der Waals surface area contributed by atoms with Crippen molar-refractivity contribution in [3.05, 3.63) is 33.7 Å². The summed E-state index contributed by atoms with van der Waals surface area (Å²) >= 11 is 0. The van der Waals surface area contributed by atoms with Gasteiger partial charge < -0.3 is 9.36 Å². The van der Waals surface area contributed by atoms with Gasteiger partial charge >= 0.3 is 0 Å². The second-order valence-corrected chi connectivity index (χ2v) is 3.48. The van der Waals surface area contributed by atoms with E-state index in [-0.39, 0.29) is 12.1 Å². The number of pyridine rings is 1. The van der Waals surface area contributed by atoms with E-state index in [0.29, 0.717) is 18.4 Å². The summed E-state index contributed by atoms with van der Waals surface area (Å²) < 4.78 is 1.47. The Morgan fingerprint density at radius 1 is 1.47 bits per heavy atom. The number of carbonyl (C=O) groups is 3. The van der Waals surface area contributed by atoms with Gasteiger partial charge in [-0.15, -0.1) is 0 Å². The molecule has 0 bridgehead atoms. The fourth-order valence-corrected chi connectivity index (χ4v) is 1.44. The number of aromatic nitrogens is 1. The minimum atomic E-state index is -0.678. The number of imide groups is 1. The number of rotatable bonds is 4. The summed E-state index contributed by atoms with van der Waals surface area (Å²) in [5.74, 6) is -0.678. The number of hydrogen-bond acceptors (Lipinski definition) is 4. The molecule has 0 fully saturated rings. The topological polar surface area (TPSA) is 76.5 Å². The van der Waals surface area contributed by atoms with Crippen molar-refractivity contribution in [2.24, 2.45) is 0 Å². The normalized spacial score (nSPS) is 9.76. The van der Waals surface area contributed by atoms with E-state index >= 15 is 0 Å². The molecule has 90 valence electrons. The summed E-state index contributed by atoms with van der Waals surface area (Å²) in [6.07, 6.45) is 2.43. The highest BCUT2D eigenvalue weighted by Gasteiger charge is 2.18. The average molecular weight is 236 g/mol. The predicted octanol–water partition coefficient (Wildman–Crippen LogP) is -0.416. The Kier molecular flexibility index (Phi) is 3.92. The zero-order valence-corrected chi connectivity index (χ0v) is 9.54. The van der Waals surface area contributed by atoms with Gasteiger partial charge in [0.1, 0.15) is 11.8 Å². The van der Waals surface area contributed by atoms with E-state index < -0.39 is 11.3 Å². The minimum Gasteiger partial charge on any atom is -0.344 e. The Morgan fingerprint density at radius 3 is 2.65 bits per heavy atom. The van der Waals surface area contributed by atoms with Crippen molar-refractivity contribution in [3.63, 3.8) is 0 Å². The maximum Gasteiger partial charge on any atom is 0.265 e. The van der Waals surface area contributed by atoms with Gasteiger partial charge in [-0.05, 0) is 6.92 Å². The Morgan fingerprint density at radius 2 is 2.12 bits per heavy atom. The van der Waals surface area contributed by atoms with E-state index in [1.807, 2.05) is 0 Å². The van der Waals surface area contributed by atoms with Gasteiger partial charge in [0.15, 0.2) is 5.43 Å². The standard InChI is InChI=1S/C11H12N2O4/c1-8-10(11(17)12(2)7-15)9(16)3-4-13(8)5-6-14/h3-4,6-7H,5H2,1-2H3. The van der Waals surface area contributed by atoms with Gasteiger partial charge in [-0.25, -0.2) is 0 Å². The van der Waals surface area contributed by atoms with Crippen LogP contribution in [0.2, 0.25) is 0 Å². The smallest absolute Gasteiger partial charge is 0.265 e. The molecule has 6 heteroatoms. The molecule has 0 aliphatic carbocycles. The van der Waals surface area contributed by atoms with Gasteiger partial charge in [-0.1, -0.05) is 0 Å². The number of amides is 2. The van der Waals surface area contributed by atoms with Crippen LogP contribution < -0.4 is 5.43 Å². The van der Waals surface area contributed by atoms with E-state index in [0.717, 1.165) is 4.90 Å². The van der Waals surface area contributed by atoms with Gasteiger partial charge in [0.25, 0.3) is 5.91 Å². The Bertz CT molecular complexity index is 519. The van der Waals surface area contributed by atoms with Crippen molar-refractivity contribution < 1.29 is 14.4 Å². The third-order valence-corrected chi connectivity index (χ3v) is 2.41. The molecule has 0 radical (unpaired) electrons. The van der Waals surface area contributed by atoms with E-state index in [4.69, 9.17) is 0 Å². The van der Waals surface area contributed by atoms with E-state index in [2.05, 4.69) is 0 Å². The lowest BCUT2D eigenvalue weighted by atomic mass is 10.1. The molecular formula is C11H12N2O4. The van der Waals surface area contributed by atoms with Gasteiger partial charge in [-0.3, -0.25) is 19.3 Å². The van der Waals surface area contributed by atoms with Crippen LogP contribution in [0.3, 0.4) is 0 Å². The molecule has 0 unspecified atom stereocenters. The van der Waals surface area contributed by atoms with Gasteiger partial charge in [0.05, 0.1) is 6.54 Å². The Hall–Kier alpha value is -2.24. The first-order valence-electron chi connectivity index (χ1n) is 4.89. The van der Waals surface area contributed by atoms with Gasteiger partial charge in [-0.2, -0.15) is 0 Å². The summed E-state index contributed by atoms with van der Waals surface area (Å²) in [6, 6.07) is 1.20. The van der Waals surface area contributed by atoms with Gasteiger partial charge in [0.2, 0.25) is 6.41 Å². The zero-order chi connectivity index (χ0) is 13.0. The van der Waals surface area contributed by atoms with Crippen LogP contribution in [0.15, 0.2) is 17.1 Å². The lowest BCUT2D eigenvalue weighted by Gasteiger charge is -2.13. The van der Waals surface area contributed by atoms with Crippen LogP contribution in [0.25, 0.3) is 0 Å². The molecule has 0 saturated heterocycles. The molecule has 1 aromatic heterocycles. The number of carbonyl (C=O) groups excluding carboxylic acids is 3. The first kappa shape index (κ1) is 12.8. The van der Waals surface area contributed by atoms with Crippen LogP contribution in [0, 0.1) is 6.92 Å². The molecule has 0 spiro atoms. The van der Waals surface area contributed by atoms with E-state index in [1.54, 1.807) is 6.92 Å². The Labute approximate surface area is 97.5 Å². The van der Waals surface area contributed by atoms with Crippen LogP contribution in [0.1, 0.15) is 16.1 Å². The molecule has 0 atom stereocenters. The van der Waals surface area contributed by atoms with E-state index in [9.17, 15) is 19.2 Å². The molecule has 0 saturated carbocycles. The van der Waals surface area contributed by atoms with Crippen molar-refractivity contribution in [2.75, 3.05) is 7.05 Å². The third kappa shape index (κ3) is 2.47. The second-order valence-electron chi connectivity index (χ2n) is 3.48. The van der Waals surface area contributed by atoms with Crippen molar-refractivity contribution in [1.29, 1.82) is 0 Å². The highest BCUT2D eigenvalue weighted by molar-refractivity contribution is 6.00. The summed E-state index contributed by atoms with van der Waals surface area (Å²) in [6.45, 7) is 1.61. The molecule has 0 N–H and O–H groups in total. The quantitative estimate of drug-likeness (QED) is 0.665. The SMILES string of the molecule is Cc1c(C(=O)N(C)C=O)c(=O)ccn1CC=O. The van der Waals surface area contributed by atoms with Crippen molar-refractivity contribution >= 4 is 18.6 Å². The van der Waals surface area contributed by atoms with Crippen molar-refractivity contribution in [2.45, 2.75) is 13.5 Å². The third-order valence-electron chi connectivity index (χ3n) is 2.41. The lowest BCUT2D eigenvalue weighted by Crippen LogP contribution is -2.32. The maximum absolute atomic E-state index is 11.8. The molecule has 6 nitrogen and oxygen atoms in total. The summed E-state index contributed by atoms with van der Waals surface area (Å²) in [7, 11) is 1.27. The highest BCUT2D eigenvalue weighted by atomic mass is 16.2. The molecule has 17 heavy (non-hydrogen) atoms. The molecule has 0 aliphatic heterocycles. The molecular weight excluding hydrogens is 224 g/mol. The first-order chi connectivity index (χ1) is 8.02. The predicted molar refractivity (Wildman–Crippen MR) is 59.7 cm³/mol. The van der Waals surface area contributed by atoms with E-state index in [1.165, 1.54) is 23.9 Å². The average Bonchev–Trinajstić information content (AvgIpc) is 2.32. The second kappa shape index (κ2) is 5.20. The summed E-state index contributed by atoms with van der Waals surface area (Å²) in [4.78, 5) is 45.1. The van der Waals surface area contributed by atoms with Crippen LogP contribution in [-0.2, 0) is 16.1 Å². The fourth-order valence-electron chi connectivity index (χ4n) is 1.44. The maximum atomic E-state index is 11.8. The van der Waals surface area contributed by atoms with Crippen LogP contribution in [0.5, 0.6) is 0 Å². The number of aldehydes is 1. The Balaban J connectivity index is 3.36. The molecule has 0 aromatic carbocycles.